The zero-order valence-corrected chi connectivity index (χ0v) is 11.1. The molecule has 5 heteroatoms. The average molecular weight is 271 g/mol. The third-order valence-corrected chi connectivity index (χ3v) is 2.53. The molecule has 0 rings (SSSR count). The van der Waals surface area contributed by atoms with Gasteiger partial charge in [0.2, 0.25) is 0 Å². The van der Waals surface area contributed by atoms with Crippen LogP contribution in [0.25, 0.3) is 0 Å². The van der Waals surface area contributed by atoms with Gasteiger partial charge in [-0.1, -0.05) is 0 Å². The molecule has 0 aliphatic rings. The van der Waals surface area contributed by atoms with Crippen molar-refractivity contribution in [1.29, 1.82) is 0 Å². The second-order valence-electron chi connectivity index (χ2n) is 3.45. The molecule has 0 aromatic heterocycles. The number of halogens is 2. The highest BCUT2D eigenvalue weighted by molar-refractivity contribution is 6.18. The number of unbranched alkanes of at least 4 members (excludes halogenated alkanes) is 4. The highest BCUT2D eigenvalue weighted by Gasteiger charge is 2.02. The minimum Gasteiger partial charge on any atom is -0.434 e. The number of rotatable bonds is 10. The zero-order chi connectivity index (χ0) is 12.1. The first-order valence-corrected chi connectivity index (χ1v) is 6.79. The Bertz CT molecular complexity index is 149. The Morgan fingerprint density at radius 3 is 1.56 bits per heavy atom. The molecule has 96 valence electrons. The van der Waals surface area contributed by atoms with Crippen molar-refractivity contribution < 1.29 is 14.3 Å². The molecule has 0 aliphatic carbocycles. The lowest BCUT2D eigenvalue weighted by atomic mass is 10.3. The summed E-state index contributed by atoms with van der Waals surface area (Å²) >= 11 is 11.0. The summed E-state index contributed by atoms with van der Waals surface area (Å²) in [5.41, 5.74) is 0. The maximum absolute atomic E-state index is 11.0. The monoisotopic (exact) mass is 270 g/mol. The Hall–Kier alpha value is -0.150. The SMILES string of the molecule is O=C(OCCCCCCl)OCCCCCCl. The Kier molecular flexibility index (Phi) is 12.8. The van der Waals surface area contributed by atoms with Gasteiger partial charge in [-0.3, -0.25) is 0 Å². The molecule has 0 N–H and O–H groups in total. The van der Waals surface area contributed by atoms with E-state index in [1.807, 2.05) is 0 Å². The highest BCUT2D eigenvalue weighted by atomic mass is 35.5. The first kappa shape index (κ1) is 15.9. The summed E-state index contributed by atoms with van der Waals surface area (Å²) in [5.74, 6) is 1.32. The number of hydrogen-bond donors (Lipinski definition) is 0. The van der Waals surface area contributed by atoms with E-state index in [1.54, 1.807) is 0 Å². The van der Waals surface area contributed by atoms with E-state index in [-0.39, 0.29) is 0 Å². The summed E-state index contributed by atoms with van der Waals surface area (Å²) in [6.45, 7) is 0.828. The van der Waals surface area contributed by atoms with Crippen LogP contribution in [0.15, 0.2) is 0 Å². The van der Waals surface area contributed by atoms with Crippen molar-refractivity contribution in [2.24, 2.45) is 0 Å². The Labute approximate surface area is 107 Å². The molecule has 0 atom stereocenters. The maximum atomic E-state index is 11.0. The van der Waals surface area contributed by atoms with E-state index >= 15 is 0 Å². The summed E-state index contributed by atoms with van der Waals surface area (Å²) in [7, 11) is 0. The molecule has 0 aromatic rings. The van der Waals surface area contributed by atoms with Gasteiger partial charge in [-0.2, -0.15) is 0 Å². The number of ether oxygens (including phenoxy) is 2. The van der Waals surface area contributed by atoms with Crippen LogP contribution in [-0.4, -0.2) is 31.1 Å². The number of hydrogen-bond acceptors (Lipinski definition) is 3. The predicted octanol–water partition coefficient (Wildman–Crippen LogP) is 3.96. The van der Waals surface area contributed by atoms with E-state index in [0.29, 0.717) is 25.0 Å². The van der Waals surface area contributed by atoms with Crippen LogP contribution in [0.3, 0.4) is 0 Å². The molecule has 3 nitrogen and oxygen atoms in total. The molecule has 0 aromatic carbocycles. The molecule has 0 radical (unpaired) electrons. The molecule has 0 aliphatic heterocycles. The van der Waals surface area contributed by atoms with Crippen molar-refractivity contribution in [3.8, 4) is 0 Å². The van der Waals surface area contributed by atoms with Gasteiger partial charge in [-0.15, -0.1) is 23.2 Å². The van der Waals surface area contributed by atoms with Gasteiger partial charge in [-0.05, 0) is 38.5 Å². The molecule has 0 spiro atoms. The summed E-state index contributed by atoms with van der Waals surface area (Å²) in [6.07, 6.45) is 4.98. The fraction of sp³-hybridized carbons (Fsp3) is 0.909. The first-order valence-electron chi connectivity index (χ1n) is 5.72. The van der Waals surface area contributed by atoms with Crippen molar-refractivity contribution in [3.63, 3.8) is 0 Å². The first-order chi connectivity index (χ1) is 7.81. The topological polar surface area (TPSA) is 35.5 Å². The maximum Gasteiger partial charge on any atom is 0.508 e. The van der Waals surface area contributed by atoms with Gasteiger partial charge >= 0.3 is 6.16 Å². The molecule has 0 bridgehead atoms. The van der Waals surface area contributed by atoms with Gasteiger partial charge in [0.1, 0.15) is 0 Å². The van der Waals surface area contributed by atoms with Crippen LogP contribution in [0.1, 0.15) is 38.5 Å². The van der Waals surface area contributed by atoms with Crippen LogP contribution in [0, 0.1) is 0 Å². The lowest BCUT2D eigenvalue weighted by Crippen LogP contribution is -2.09. The van der Waals surface area contributed by atoms with Crippen molar-refractivity contribution in [2.45, 2.75) is 38.5 Å². The normalized spacial score (nSPS) is 10.1. The van der Waals surface area contributed by atoms with Crippen LogP contribution in [-0.2, 0) is 9.47 Å². The Morgan fingerprint density at radius 1 is 0.750 bits per heavy atom. The summed E-state index contributed by atoms with van der Waals surface area (Å²) in [4.78, 5) is 11.0. The van der Waals surface area contributed by atoms with Crippen molar-refractivity contribution in [2.75, 3.05) is 25.0 Å². The van der Waals surface area contributed by atoms with E-state index in [4.69, 9.17) is 32.7 Å². The fourth-order valence-corrected chi connectivity index (χ4v) is 1.48. The number of carbonyl (C=O) groups is 1. The minimum atomic E-state index is -0.572. The van der Waals surface area contributed by atoms with E-state index in [1.165, 1.54) is 0 Å². The molecule has 0 heterocycles. The van der Waals surface area contributed by atoms with Crippen molar-refractivity contribution in [3.05, 3.63) is 0 Å². The second kappa shape index (κ2) is 12.9. The van der Waals surface area contributed by atoms with Crippen LogP contribution < -0.4 is 0 Å². The Morgan fingerprint density at radius 2 is 1.19 bits per heavy atom. The van der Waals surface area contributed by atoms with Gasteiger partial charge < -0.3 is 9.47 Å². The molecular formula is C11H20Cl2O3. The lowest BCUT2D eigenvalue weighted by Gasteiger charge is -2.05. The number of alkyl halides is 2. The molecule has 0 unspecified atom stereocenters. The van der Waals surface area contributed by atoms with Crippen LogP contribution >= 0.6 is 23.2 Å². The van der Waals surface area contributed by atoms with Crippen LogP contribution in [0.5, 0.6) is 0 Å². The molecule has 0 saturated carbocycles. The largest absolute Gasteiger partial charge is 0.508 e. The smallest absolute Gasteiger partial charge is 0.434 e. The molecular weight excluding hydrogens is 251 g/mol. The molecule has 0 amide bonds. The number of carbonyl (C=O) groups excluding carboxylic acids is 1. The quantitative estimate of drug-likeness (QED) is 0.343. The minimum absolute atomic E-state index is 0.414. The predicted molar refractivity (Wildman–Crippen MR) is 66.4 cm³/mol. The summed E-state index contributed by atoms with van der Waals surface area (Å²) in [6, 6.07) is 0. The fourth-order valence-electron chi connectivity index (χ4n) is 1.10. The standard InChI is InChI=1S/C11H20Cl2O3/c12-7-3-1-5-9-15-11(14)16-10-6-2-4-8-13/h1-10H2. The average Bonchev–Trinajstić information content (AvgIpc) is 2.28. The third kappa shape index (κ3) is 11.9. The molecule has 0 saturated heterocycles. The van der Waals surface area contributed by atoms with Crippen molar-refractivity contribution in [1.82, 2.24) is 0 Å². The van der Waals surface area contributed by atoms with E-state index in [9.17, 15) is 4.79 Å². The third-order valence-electron chi connectivity index (χ3n) is 2.00. The molecule has 16 heavy (non-hydrogen) atoms. The van der Waals surface area contributed by atoms with Crippen LogP contribution in [0.2, 0.25) is 0 Å². The summed E-state index contributed by atoms with van der Waals surface area (Å²) < 4.78 is 9.73. The van der Waals surface area contributed by atoms with Crippen LogP contribution in [0.4, 0.5) is 4.79 Å². The van der Waals surface area contributed by atoms with Gasteiger partial charge in [0, 0.05) is 11.8 Å². The second-order valence-corrected chi connectivity index (χ2v) is 4.20. The zero-order valence-electron chi connectivity index (χ0n) is 9.55. The van der Waals surface area contributed by atoms with E-state index in [0.717, 1.165) is 38.5 Å². The molecule has 0 fully saturated rings. The highest BCUT2D eigenvalue weighted by Crippen LogP contribution is 2.00. The Balaban J connectivity index is 3.12. The van der Waals surface area contributed by atoms with Gasteiger partial charge in [0.05, 0.1) is 13.2 Å². The van der Waals surface area contributed by atoms with E-state index < -0.39 is 6.16 Å². The lowest BCUT2D eigenvalue weighted by molar-refractivity contribution is 0.0531. The van der Waals surface area contributed by atoms with Gasteiger partial charge in [-0.25, -0.2) is 4.79 Å². The van der Waals surface area contributed by atoms with E-state index in [2.05, 4.69) is 0 Å². The van der Waals surface area contributed by atoms with Crippen molar-refractivity contribution >= 4 is 29.4 Å². The van der Waals surface area contributed by atoms with Gasteiger partial charge in [0.15, 0.2) is 0 Å². The summed E-state index contributed by atoms with van der Waals surface area (Å²) in [5, 5.41) is 0. The van der Waals surface area contributed by atoms with Gasteiger partial charge in [0.25, 0.3) is 0 Å².